The van der Waals surface area contributed by atoms with Gasteiger partial charge in [-0.15, -0.1) is 10.2 Å². The minimum absolute atomic E-state index is 0.135. The molecule has 10 heteroatoms. The number of anilines is 1. The van der Waals surface area contributed by atoms with Gasteiger partial charge >= 0.3 is 0 Å². The van der Waals surface area contributed by atoms with Gasteiger partial charge in [-0.3, -0.25) is 9.59 Å². The zero-order valence-corrected chi connectivity index (χ0v) is 18.1. The molecule has 0 aliphatic rings. The zero-order valence-electron chi connectivity index (χ0n) is 17.3. The van der Waals surface area contributed by atoms with Gasteiger partial charge in [0.05, 0.1) is 42.6 Å². The van der Waals surface area contributed by atoms with Crippen molar-refractivity contribution in [3.05, 3.63) is 84.5 Å². The van der Waals surface area contributed by atoms with Crippen molar-refractivity contribution in [2.75, 3.05) is 17.7 Å². The van der Waals surface area contributed by atoms with E-state index in [4.69, 9.17) is 8.83 Å². The number of aromatic nitrogens is 3. The molecule has 0 atom stereocenters. The molecule has 0 saturated heterocycles. The Balaban J connectivity index is 1.39. The molecule has 0 aliphatic carbocycles. The van der Waals surface area contributed by atoms with Crippen LogP contribution in [0, 0.1) is 0 Å². The minimum Gasteiger partial charge on any atom is -0.467 e. The quantitative estimate of drug-likeness (QED) is 0.390. The van der Waals surface area contributed by atoms with E-state index < -0.39 is 0 Å². The van der Waals surface area contributed by atoms with Crippen molar-refractivity contribution in [3.63, 3.8) is 0 Å². The van der Waals surface area contributed by atoms with Gasteiger partial charge in [0.2, 0.25) is 5.91 Å². The van der Waals surface area contributed by atoms with Gasteiger partial charge in [-0.2, -0.15) is 0 Å². The van der Waals surface area contributed by atoms with Crippen LogP contribution in [0.4, 0.5) is 5.69 Å². The van der Waals surface area contributed by atoms with Crippen LogP contribution in [-0.4, -0.2) is 39.4 Å². The fourth-order valence-electron chi connectivity index (χ4n) is 3.03. The highest BCUT2D eigenvalue weighted by molar-refractivity contribution is 7.99. The first-order valence-corrected chi connectivity index (χ1v) is 10.8. The highest BCUT2D eigenvalue weighted by Crippen LogP contribution is 2.22. The number of amides is 2. The second kappa shape index (κ2) is 10.0. The maximum atomic E-state index is 12.9. The molecule has 4 rings (SSSR count). The van der Waals surface area contributed by atoms with Crippen LogP contribution in [0.3, 0.4) is 0 Å². The van der Waals surface area contributed by atoms with Crippen LogP contribution in [-0.2, 0) is 17.9 Å². The molecule has 1 aromatic carbocycles. The Hall–Kier alpha value is -3.79. The Labute approximate surface area is 188 Å². The topological polar surface area (TPSA) is 106 Å². The number of hydrogen-bond acceptors (Lipinski definition) is 7. The van der Waals surface area contributed by atoms with Gasteiger partial charge < -0.3 is 23.6 Å². The first-order valence-electron chi connectivity index (χ1n) is 9.81. The maximum absolute atomic E-state index is 12.9. The Bertz CT molecular complexity index is 1170. The van der Waals surface area contributed by atoms with Gasteiger partial charge in [-0.1, -0.05) is 23.9 Å². The summed E-state index contributed by atoms with van der Waals surface area (Å²) in [5, 5.41) is 11.4. The molecule has 0 saturated carbocycles. The predicted molar refractivity (Wildman–Crippen MR) is 118 cm³/mol. The normalized spacial score (nSPS) is 10.8. The van der Waals surface area contributed by atoms with Crippen molar-refractivity contribution in [2.45, 2.75) is 18.2 Å². The molecule has 2 amide bonds. The van der Waals surface area contributed by atoms with E-state index in [9.17, 15) is 9.59 Å². The molecular formula is C22H21N5O4S. The summed E-state index contributed by atoms with van der Waals surface area (Å²) in [4.78, 5) is 27.0. The standard InChI is InChI=1S/C22H21N5O4S/c1-26(19-9-3-2-8-18(19)21(29)23-12-16-6-4-10-30-16)20(28)14-32-22-25-24-15-27(22)13-17-7-5-11-31-17/h2-11,15H,12-14H2,1H3,(H,23,29). The van der Waals surface area contributed by atoms with Gasteiger partial charge in [0.15, 0.2) is 5.16 Å². The molecule has 0 radical (unpaired) electrons. The molecule has 0 bridgehead atoms. The Kier molecular flexibility index (Phi) is 6.71. The van der Waals surface area contributed by atoms with E-state index in [-0.39, 0.29) is 24.1 Å². The number of furan rings is 2. The summed E-state index contributed by atoms with van der Waals surface area (Å²) in [5.74, 6) is 1.09. The molecule has 3 aromatic heterocycles. The van der Waals surface area contributed by atoms with E-state index in [1.807, 2.05) is 16.7 Å². The summed E-state index contributed by atoms with van der Waals surface area (Å²) in [6.07, 6.45) is 4.75. The Morgan fingerprint density at radius 3 is 2.56 bits per heavy atom. The average molecular weight is 452 g/mol. The fourth-order valence-corrected chi connectivity index (χ4v) is 3.86. The van der Waals surface area contributed by atoms with Crippen molar-refractivity contribution in [2.24, 2.45) is 0 Å². The van der Waals surface area contributed by atoms with Crippen molar-refractivity contribution >= 4 is 29.3 Å². The van der Waals surface area contributed by atoms with Gasteiger partial charge in [0.25, 0.3) is 5.91 Å². The number of carbonyl (C=O) groups is 2. The third kappa shape index (κ3) is 5.09. The lowest BCUT2D eigenvalue weighted by atomic mass is 10.1. The number of para-hydroxylation sites is 1. The van der Waals surface area contributed by atoms with E-state index in [1.165, 1.54) is 16.7 Å². The second-order valence-electron chi connectivity index (χ2n) is 6.84. The molecule has 0 unspecified atom stereocenters. The van der Waals surface area contributed by atoms with Crippen LogP contribution >= 0.6 is 11.8 Å². The van der Waals surface area contributed by atoms with Crippen LogP contribution in [0.2, 0.25) is 0 Å². The zero-order chi connectivity index (χ0) is 22.3. The second-order valence-corrected chi connectivity index (χ2v) is 7.78. The summed E-state index contributed by atoms with van der Waals surface area (Å²) in [7, 11) is 1.65. The van der Waals surface area contributed by atoms with Crippen molar-refractivity contribution < 1.29 is 18.4 Å². The van der Waals surface area contributed by atoms with E-state index >= 15 is 0 Å². The molecule has 9 nitrogen and oxygen atoms in total. The molecular weight excluding hydrogens is 430 g/mol. The van der Waals surface area contributed by atoms with Crippen molar-refractivity contribution in [1.82, 2.24) is 20.1 Å². The monoisotopic (exact) mass is 451 g/mol. The van der Waals surface area contributed by atoms with Crippen LogP contribution in [0.5, 0.6) is 0 Å². The lowest BCUT2D eigenvalue weighted by molar-refractivity contribution is -0.115. The van der Waals surface area contributed by atoms with Crippen LogP contribution in [0.25, 0.3) is 0 Å². The first kappa shape index (κ1) is 21.4. The molecule has 0 fully saturated rings. The summed E-state index contributed by atoms with van der Waals surface area (Å²) < 4.78 is 12.4. The van der Waals surface area contributed by atoms with Crippen LogP contribution in [0.1, 0.15) is 21.9 Å². The van der Waals surface area contributed by atoms with E-state index in [0.29, 0.717) is 28.7 Å². The average Bonchev–Trinajstić information content (AvgIpc) is 3.59. The van der Waals surface area contributed by atoms with E-state index in [2.05, 4.69) is 15.5 Å². The predicted octanol–water partition coefficient (Wildman–Crippen LogP) is 3.20. The third-order valence-electron chi connectivity index (χ3n) is 4.70. The summed E-state index contributed by atoms with van der Waals surface area (Å²) in [6, 6.07) is 14.2. The number of nitrogens with zero attached hydrogens (tertiary/aromatic N) is 4. The van der Waals surface area contributed by atoms with Crippen molar-refractivity contribution in [1.29, 1.82) is 0 Å². The molecule has 32 heavy (non-hydrogen) atoms. The highest BCUT2D eigenvalue weighted by atomic mass is 32.2. The summed E-state index contributed by atoms with van der Waals surface area (Å²) in [6.45, 7) is 0.740. The molecule has 0 spiro atoms. The van der Waals surface area contributed by atoms with Crippen molar-refractivity contribution in [3.8, 4) is 0 Å². The summed E-state index contributed by atoms with van der Waals surface area (Å²) in [5.41, 5.74) is 0.924. The number of carbonyl (C=O) groups excluding carboxylic acids is 2. The van der Waals surface area contributed by atoms with Crippen LogP contribution in [0.15, 0.2) is 81.4 Å². The third-order valence-corrected chi connectivity index (χ3v) is 5.66. The Morgan fingerprint density at radius 2 is 1.81 bits per heavy atom. The lowest BCUT2D eigenvalue weighted by Gasteiger charge is -2.20. The fraction of sp³-hybridized carbons (Fsp3) is 0.182. The first-order chi connectivity index (χ1) is 15.6. The largest absolute Gasteiger partial charge is 0.467 e. The number of hydrogen-bond donors (Lipinski definition) is 1. The minimum atomic E-state index is -0.289. The van der Waals surface area contributed by atoms with Gasteiger partial charge in [0, 0.05) is 7.05 Å². The smallest absolute Gasteiger partial charge is 0.253 e. The number of thioether (sulfide) groups is 1. The van der Waals surface area contributed by atoms with Gasteiger partial charge in [0.1, 0.15) is 17.8 Å². The van der Waals surface area contributed by atoms with Gasteiger partial charge in [-0.05, 0) is 36.4 Å². The molecule has 164 valence electrons. The highest BCUT2D eigenvalue weighted by Gasteiger charge is 2.19. The molecule has 4 aromatic rings. The van der Waals surface area contributed by atoms with E-state index in [0.717, 1.165) is 5.76 Å². The molecule has 0 aliphatic heterocycles. The van der Waals surface area contributed by atoms with Gasteiger partial charge in [-0.25, -0.2) is 0 Å². The number of rotatable bonds is 9. The Morgan fingerprint density at radius 1 is 1.06 bits per heavy atom. The van der Waals surface area contributed by atoms with Crippen LogP contribution < -0.4 is 10.2 Å². The van der Waals surface area contributed by atoms with E-state index in [1.54, 1.807) is 62.3 Å². The number of benzene rings is 1. The lowest BCUT2D eigenvalue weighted by Crippen LogP contribution is -2.31. The SMILES string of the molecule is CN(C(=O)CSc1nncn1Cc1ccco1)c1ccccc1C(=O)NCc1ccco1. The molecule has 1 N–H and O–H groups in total. The molecule has 3 heterocycles. The summed E-state index contributed by atoms with van der Waals surface area (Å²) >= 11 is 1.27. The number of nitrogens with one attached hydrogen (secondary N) is 1. The maximum Gasteiger partial charge on any atom is 0.253 e.